The summed E-state index contributed by atoms with van der Waals surface area (Å²) in [5.74, 6) is 0. The number of rotatable bonds is 4. The maximum atomic E-state index is 11.6. The van der Waals surface area contributed by atoms with Crippen LogP contribution < -0.4 is 10.5 Å². The second-order valence-corrected chi connectivity index (χ2v) is 8.20. The molecule has 3 atom stereocenters. The van der Waals surface area contributed by atoms with E-state index in [-0.39, 0.29) is 10.9 Å². The first-order chi connectivity index (χ1) is 11.0. The van der Waals surface area contributed by atoms with E-state index in [2.05, 4.69) is 12.2 Å². The summed E-state index contributed by atoms with van der Waals surface area (Å²) in [6.07, 6.45) is 6.57. The first-order valence-electron chi connectivity index (χ1n) is 8.50. The molecular weight excluding hydrogens is 312 g/mol. The van der Waals surface area contributed by atoms with Crippen LogP contribution >= 0.6 is 0 Å². The Morgan fingerprint density at radius 1 is 1.35 bits per heavy atom. The molecule has 3 N–H and O–H groups in total. The number of benzene rings is 1. The summed E-state index contributed by atoms with van der Waals surface area (Å²) < 4.78 is 29.0. The molecule has 0 radical (unpaired) electrons. The van der Waals surface area contributed by atoms with E-state index >= 15 is 0 Å². The molecule has 0 aromatic heterocycles. The van der Waals surface area contributed by atoms with Gasteiger partial charge in [0.15, 0.2) is 0 Å². The van der Waals surface area contributed by atoms with Gasteiger partial charge in [0, 0.05) is 18.7 Å². The van der Waals surface area contributed by atoms with Gasteiger partial charge in [-0.25, -0.2) is 13.6 Å². The van der Waals surface area contributed by atoms with Crippen LogP contribution in [-0.4, -0.2) is 27.2 Å². The van der Waals surface area contributed by atoms with Gasteiger partial charge in [-0.2, -0.15) is 0 Å². The molecule has 1 aromatic carbocycles. The lowest BCUT2D eigenvalue weighted by atomic mass is 9.86. The Morgan fingerprint density at radius 3 is 2.91 bits per heavy atom. The lowest BCUT2D eigenvalue weighted by Crippen LogP contribution is -2.41. The molecule has 2 aliphatic rings. The van der Waals surface area contributed by atoms with E-state index in [9.17, 15) is 8.42 Å². The standard InChI is InChI=1S/C17H26N2O3S/c1-2-14-10-13(8-9-22-14)19-17-5-3-4-12-6-7-15(11-16(12)17)23(18,20)21/h6-7,11,13-14,17,19H,2-5,8-10H2,1H3,(H2,18,20,21). The van der Waals surface area contributed by atoms with Crippen LogP contribution in [0, 0.1) is 0 Å². The number of fused-ring (bicyclic) bond motifs is 1. The second kappa shape index (κ2) is 6.89. The molecule has 1 saturated heterocycles. The third-order valence-corrected chi connectivity index (χ3v) is 5.93. The van der Waals surface area contributed by atoms with Crippen molar-refractivity contribution in [1.82, 2.24) is 5.32 Å². The van der Waals surface area contributed by atoms with E-state index in [1.807, 2.05) is 6.07 Å². The minimum atomic E-state index is -3.65. The highest BCUT2D eigenvalue weighted by Gasteiger charge is 2.27. The summed E-state index contributed by atoms with van der Waals surface area (Å²) in [6.45, 7) is 2.95. The van der Waals surface area contributed by atoms with Crippen LogP contribution in [0.5, 0.6) is 0 Å². The first-order valence-corrected chi connectivity index (χ1v) is 10.0. The fraction of sp³-hybridized carbons (Fsp3) is 0.647. The Hall–Kier alpha value is -0.950. The van der Waals surface area contributed by atoms with Crippen LogP contribution in [0.2, 0.25) is 0 Å². The molecule has 5 nitrogen and oxygen atoms in total. The molecule has 3 unspecified atom stereocenters. The summed E-state index contributed by atoms with van der Waals surface area (Å²) in [6, 6.07) is 5.95. The first kappa shape index (κ1) is 16.9. The van der Waals surface area contributed by atoms with Crippen molar-refractivity contribution >= 4 is 10.0 Å². The largest absolute Gasteiger partial charge is 0.378 e. The fourth-order valence-electron chi connectivity index (χ4n) is 3.73. The number of aryl methyl sites for hydroxylation is 1. The highest BCUT2D eigenvalue weighted by molar-refractivity contribution is 7.89. The van der Waals surface area contributed by atoms with Gasteiger partial charge in [-0.05, 0) is 61.8 Å². The number of hydrogen-bond acceptors (Lipinski definition) is 4. The van der Waals surface area contributed by atoms with E-state index in [1.54, 1.807) is 12.1 Å². The average molecular weight is 338 g/mol. The van der Waals surface area contributed by atoms with Crippen molar-refractivity contribution in [2.75, 3.05) is 6.61 Å². The Kier molecular flexibility index (Phi) is 5.06. The van der Waals surface area contributed by atoms with Gasteiger partial charge in [0.05, 0.1) is 11.0 Å². The van der Waals surface area contributed by atoms with Gasteiger partial charge >= 0.3 is 0 Å². The molecule has 0 amide bonds. The maximum absolute atomic E-state index is 11.6. The molecule has 23 heavy (non-hydrogen) atoms. The molecule has 1 aliphatic heterocycles. The normalized spacial score (nSPS) is 28.3. The highest BCUT2D eigenvalue weighted by Crippen LogP contribution is 2.32. The second-order valence-electron chi connectivity index (χ2n) is 6.64. The molecule has 1 aliphatic carbocycles. The molecule has 0 saturated carbocycles. The molecule has 6 heteroatoms. The van der Waals surface area contributed by atoms with Gasteiger partial charge < -0.3 is 10.1 Å². The van der Waals surface area contributed by atoms with Gasteiger partial charge in [-0.15, -0.1) is 0 Å². The van der Waals surface area contributed by atoms with Crippen molar-refractivity contribution in [3.63, 3.8) is 0 Å². The van der Waals surface area contributed by atoms with Crippen molar-refractivity contribution in [2.24, 2.45) is 5.14 Å². The summed E-state index contributed by atoms with van der Waals surface area (Å²) in [7, 11) is -3.65. The van der Waals surface area contributed by atoms with Gasteiger partial charge in [-0.3, -0.25) is 0 Å². The molecule has 1 aromatic rings. The molecule has 128 valence electrons. The molecule has 1 fully saturated rings. The lowest BCUT2D eigenvalue weighted by Gasteiger charge is -2.35. The number of nitrogens with one attached hydrogen (secondary N) is 1. The molecule has 1 heterocycles. The van der Waals surface area contributed by atoms with Gasteiger partial charge in [0.1, 0.15) is 0 Å². The predicted octanol–water partition coefficient (Wildman–Crippen LogP) is 2.26. The van der Waals surface area contributed by atoms with E-state index < -0.39 is 10.0 Å². The van der Waals surface area contributed by atoms with Crippen LogP contribution in [0.25, 0.3) is 0 Å². The SMILES string of the molecule is CCC1CC(NC2CCCc3ccc(S(N)(=O)=O)cc32)CCO1. The summed E-state index contributed by atoms with van der Waals surface area (Å²) in [4.78, 5) is 0.211. The Labute approximate surface area is 138 Å². The summed E-state index contributed by atoms with van der Waals surface area (Å²) in [5, 5.41) is 9.03. The molecule has 3 rings (SSSR count). The van der Waals surface area contributed by atoms with Gasteiger partial charge in [-0.1, -0.05) is 13.0 Å². The van der Waals surface area contributed by atoms with Crippen LogP contribution in [0.4, 0.5) is 0 Å². The smallest absolute Gasteiger partial charge is 0.238 e. The van der Waals surface area contributed by atoms with Crippen molar-refractivity contribution in [3.05, 3.63) is 29.3 Å². The summed E-state index contributed by atoms with van der Waals surface area (Å²) in [5.41, 5.74) is 2.34. The minimum absolute atomic E-state index is 0.209. The topological polar surface area (TPSA) is 81.4 Å². The molecular formula is C17H26N2O3S. The quantitative estimate of drug-likeness (QED) is 0.882. The van der Waals surface area contributed by atoms with E-state index in [0.717, 1.165) is 50.7 Å². The number of hydrogen-bond donors (Lipinski definition) is 2. The zero-order valence-corrected chi connectivity index (χ0v) is 14.4. The predicted molar refractivity (Wildman–Crippen MR) is 89.7 cm³/mol. The number of nitrogens with two attached hydrogens (primary N) is 1. The lowest BCUT2D eigenvalue weighted by molar-refractivity contribution is -0.00236. The van der Waals surface area contributed by atoms with Crippen LogP contribution in [-0.2, 0) is 21.2 Å². The van der Waals surface area contributed by atoms with Crippen LogP contribution in [0.15, 0.2) is 23.1 Å². The van der Waals surface area contributed by atoms with Crippen LogP contribution in [0.1, 0.15) is 56.2 Å². The fourth-order valence-corrected chi connectivity index (χ4v) is 4.28. The zero-order chi connectivity index (χ0) is 16.4. The molecule has 0 bridgehead atoms. The van der Waals surface area contributed by atoms with Crippen molar-refractivity contribution < 1.29 is 13.2 Å². The monoisotopic (exact) mass is 338 g/mol. The van der Waals surface area contributed by atoms with E-state index in [0.29, 0.717) is 12.1 Å². The minimum Gasteiger partial charge on any atom is -0.378 e. The summed E-state index contributed by atoms with van der Waals surface area (Å²) >= 11 is 0. The van der Waals surface area contributed by atoms with Crippen LogP contribution in [0.3, 0.4) is 0 Å². The Balaban J connectivity index is 1.80. The highest BCUT2D eigenvalue weighted by atomic mass is 32.2. The average Bonchev–Trinajstić information content (AvgIpc) is 2.54. The van der Waals surface area contributed by atoms with Crippen molar-refractivity contribution in [1.29, 1.82) is 0 Å². The van der Waals surface area contributed by atoms with Crippen molar-refractivity contribution in [3.8, 4) is 0 Å². The number of ether oxygens (including phenoxy) is 1. The Morgan fingerprint density at radius 2 is 2.17 bits per heavy atom. The molecule has 0 spiro atoms. The van der Waals surface area contributed by atoms with E-state index in [1.165, 1.54) is 5.56 Å². The zero-order valence-electron chi connectivity index (χ0n) is 13.6. The third kappa shape index (κ3) is 3.94. The van der Waals surface area contributed by atoms with Gasteiger partial charge in [0.25, 0.3) is 0 Å². The van der Waals surface area contributed by atoms with E-state index in [4.69, 9.17) is 9.88 Å². The maximum Gasteiger partial charge on any atom is 0.238 e. The van der Waals surface area contributed by atoms with Gasteiger partial charge in [0.2, 0.25) is 10.0 Å². The third-order valence-electron chi connectivity index (χ3n) is 5.02. The van der Waals surface area contributed by atoms with Crippen molar-refractivity contribution in [2.45, 2.75) is 68.5 Å². The Bertz CT molecular complexity index is 660. The number of primary sulfonamides is 1. The number of sulfonamides is 1.